The fourth-order valence-corrected chi connectivity index (χ4v) is 0.822. The molecule has 76 valence electrons. The minimum Gasteiger partial charge on any atom is -0.411 e. The van der Waals surface area contributed by atoms with Gasteiger partial charge in [-0.3, -0.25) is 0 Å². The summed E-state index contributed by atoms with van der Waals surface area (Å²) >= 11 is 0. The molecule has 0 aliphatic carbocycles. The minimum absolute atomic E-state index is 0.312. The van der Waals surface area contributed by atoms with Gasteiger partial charge in [-0.05, 0) is 29.8 Å². The molecule has 3 nitrogen and oxygen atoms in total. The Labute approximate surface area is 77.4 Å². The maximum Gasteiger partial charge on any atom is 0.573 e. The molecule has 0 bridgehead atoms. The van der Waals surface area contributed by atoms with Gasteiger partial charge >= 0.3 is 6.36 Å². The van der Waals surface area contributed by atoms with Crippen LogP contribution < -0.4 is 4.74 Å². The molecule has 0 saturated heterocycles. The van der Waals surface area contributed by atoms with Crippen LogP contribution in [0.5, 0.6) is 5.75 Å². The van der Waals surface area contributed by atoms with Gasteiger partial charge in [0.25, 0.3) is 0 Å². The molecule has 0 aliphatic heterocycles. The Morgan fingerprint density at radius 2 is 1.79 bits per heavy atom. The third-order valence-corrected chi connectivity index (χ3v) is 1.32. The van der Waals surface area contributed by atoms with Gasteiger partial charge < -0.3 is 9.94 Å². The Hall–Kier alpha value is -1.72. The monoisotopic (exact) mass is 205 g/mol. The zero-order valence-corrected chi connectivity index (χ0v) is 6.82. The van der Waals surface area contributed by atoms with E-state index >= 15 is 0 Å². The molecule has 0 saturated carbocycles. The molecule has 0 spiro atoms. The topological polar surface area (TPSA) is 41.8 Å². The van der Waals surface area contributed by atoms with Crippen molar-refractivity contribution < 1.29 is 23.1 Å². The van der Waals surface area contributed by atoms with Gasteiger partial charge in [-0.1, -0.05) is 5.16 Å². The highest BCUT2D eigenvalue weighted by molar-refractivity contribution is 5.79. The van der Waals surface area contributed by atoms with E-state index < -0.39 is 6.36 Å². The highest BCUT2D eigenvalue weighted by Crippen LogP contribution is 2.22. The van der Waals surface area contributed by atoms with Gasteiger partial charge in [0, 0.05) is 0 Å². The van der Waals surface area contributed by atoms with Gasteiger partial charge in [-0.2, -0.15) is 0 Å². The van der Waals surface area contributed by atoms with Crippen molar-refractivity contribution in [3.63, 3.8) is 0 Å². The van der Waals surface area contributed by atoms with E-state index in [0.717, 1.165) is 18.3 Å². The Balaban J connectivity index is 2.74. The first-order valence-electron chi connectivity index (χ1n) is 3.54. The summed E-state index contributed by atoms with van der Waals surface area (Å²) in [7, 11) is 0. The number of nitrogens with zero attached hydrogens (tertiary/aromatic N) is 1. The lowest BCUT2D eigenvalue weighted by Crippen LogP contribution is -2.16. The normalized spacial score (nSPS) is 11.9. The number of rotatable bonds is 2. The molecule has 6 heteroatoms. The molecule has 1 aromatic rings. The highest BCUT2D eigenvalue weighted by Gasteiger charge is 2.30. The standard InChI is InChI=1S/C8H6F3NO2/c9-8(10,11)14-7-3-1-6(2-4-7)5-12-13/h1-5,13H. The Kier molecular flexibility index (Phi) is 2.95. The second-order valence-electron chi connectivity index (χ2n) is 2.36. The van der Waals surface area contributed by atoms with E-state index in [2.05, 4.69) is 9.89 Å². The summed E-state index contributed by atoms with van der Waals surface area (Å²) in [6.07, 6.45) is -3.59. The molecule has 0 aliphatic rings. The van der Waals surface area contributed by atoms with Crippen molar-refractivity contribution in [1.29, 1.82) is 0 Å². The van der Waals surface area contributed by atoms with E-state index in [1.54, 1.807) is 0 Å². The van der Waals surface area contributed by atoms with Crippen LogP contribution >= 0.6 is 0 Å². The van der Waals surface area contributed by atoms with E-state index in [4.69, 9.17) is 5.21 Å². The fraction of sp³-hybridized carbons (Fsp3) is 0.125. The molecule has 14 heavy (non-hydrogen) atoms. The van der Waals surface area contributed by atoms with Gasteiger partial charge in [0.2, 0.25) is 0 Å². The molecular formula is C8H6F3NO2. The summed E-state index contributed by atoms with van der Waals surface area (Å²) in [5.74, 6) is -0.312. The molecule has 0 atom stereocenters. The number of oxime groups is 1. The summed E-state index contributed by atoms with van der Waals surface area (Å²) in [5.41, 5.74) is 0.474. The number of alkyl halides is 3. The molecule has 0 unspecified atom stereocenters. The predicted octanol–water partition coefficient (Wildman–Crippen LogP) is 2.39. The van der Waals surface area contributed by atoms with Crippen LogP contribution in [0.4, 0.5) is 13.2 Å². The predicted molar refractivity (Wildman–Crippen MR) is 42.5 cm³/mol. The lowest BCUT2D eigenvalue weighted by atomic mass is 10.2. The largest absolute Gasteiger partial charge is 0.573 e. The number of ether oxygens (including phenoxy) is 1. The minimum atomic E-state index is -4.69. The Morgan fingerprint density at radius 1 is 1.21 bits per heavy atom. The van der Waals surface area contributed by atoms with E-state index in [-0.39, 0.29) is 5.75 Å². The van der Waals surface area contributed by atoms with Crippen molar-refractivity contribution in [2.75, 3.05) is 0 Å². The summed E-state index contributed by atoms with van der Waals surface area (Å²) in [6, 6.07) is 4.93. The maximum atomic E-state index is 11.7. The molecule has 0 radical (unpaired) electrons. The van der Waals surface area contributed by atoms with Gasteiger partial charge in [0.1, 0.15) is 5.75 Å². The average molecular weight is 205 g/mol. The maximum absolute atomic E-state index is 11.7. The van der Waals surface area contributed by atoms with E-state index in [0.29, 0.717) is 5.56 Å². The zero-order valence-electron chi connectivity index (χ0n) is 6.82. The second kappa shape index (κ2) is 3.99. The molecule has 0 fully saturated rings. The molecule has 1 aromatic carbocycles. The number of halogens is 3. The van der Waals surface area contributed by atoms with Crippen LogP contribution in [-0.4, -0.2) is 17.8 Å². The van der Waals surface area contributed by atoms with Gasteiger partial charge in [0.15, 0.2) is 0 Å². The Bertz CT molecular complexity index is 318. The van der Waals surface area contributed by atoms with E-state index in [9.17, 15) is 13.2 Å². The first kappa shape index (κ1) is 10.4. The van der Waals surface area contributed by atoms with Crippen molar-refractivity contribution in [3.8, 4) is 5.75 Å². The van der Waals surface area contributed by atoms with E-state index in [1.807, 2.05) is 0 Å². The van der Waals surface area contributed by atoms with Crippen LogP contribution in [0.15, 0.2) is 29.4 Å². The molecular weight excluding hydrogens is 199 g/mol. The summed E-state index contributed by atoms with van der Waals surface area (Å²) in [6.45, 7) is 0. The molecule has 0 amide bonds. The lowest BCUT2D eigenvalue weighted by molar-refractivity contribution is -0.274. The average Bonchev–Trinajstić information content (AvgIpc) is 2.06. The molecule has 0 heterocycles. The van der Waals surface area contributed by atoms with Gasteiger partial charge in [-0.25, -0.2) is 0 Å². The summed E-state index contributed by atoms with van der Waals surface area (Å²) in [5, 5.41) is 10.9. The van der Waals surface area contributed by atoms with E-state index in [1.165, 1.54) is 12.1 Å². The second-order valence-corrected chi connectivity index (χ2v) is 2.36. The van der Waals surface area contributed by atoms with Crippen molar-refractivity contribution in [2.24, 2.45) is 5.16 Å². The van der Waals surface area contributed by atoms with Crippen LogP contribution in [0.3, 0.4) is 0 Å². The third kappa shape index (κ3) is 3.34. The van der Waals surface area contributed by atoms with Crippen LogP contribution in [0.1, 0.15) is 5.56 Å². The molecule has 0 aromatic heterocycles. The quantitative estimate of drug-likeness (QED) is 0.457. The first-order valence-corrected chi connectivity index (χ1v) is 3.54. The number of benzene rings is 1. The van der Waals surface area contributed by atoms with Crippen molar-refractivity contribution in [1.82, 2.24) is 0 Å². The fourth-order valence-electron chi connectivity index (χ4n) is 0.822. The SMILES string of the molecule is ON=Cc1ccc(OC(F)(F)F)cc1. The van der Waals surface area contributed by atoms with Crippen molar-refractivity contribution >= 4 is 6.21 Å². The van der Waals surface area contributed by atoms with Crippen LogP contribution in [0, 0.1) is 0 Å². The summed E-state index contributed by atoms with van der Waals surface area (Å²) < 4.78 is 38.7. The molecule has 1 rings (SSSR count). The van der Waals surface area contributed by atoms with Gasteiger partial charge in [-0.15, -0.1) is 13.2 Å². The number of hydrogen-bond donors (Lipinski definition) is 1. The summed E-state index contributed by atoms with van der Waals surface area (Å²) in [4.78, 5) is 0. The van der Waals surface area contributed by atoms with Crippen LogP contribution in [0.2, 0.25) is 0 Å². The molecule has 1 N–H and O–H groups in total. The van der Waals surface area contributed by atoms with Crippen molar-refractivity contribution in [2.45, 2.75) is 6.36 Å². The first-order chi connectivity index (χ1) is 6.51. The highest BCUT2D eigenvalue weighted by atomic mass is 19.4. The van der Waals surface area contributed by atoms with Crippen LogP contribution in [0.25, 0.3) is 0 Å². The van der Waals surface area contributed by atoms with Crippen molar-refractivity contribution in [3.05, 3.63) is 29.8 Å². The van der Waals surface area contributed by atoms with Crippen LogP contribution in [-0.2, 0) is 0 Å². The third-order valence-electron chi connectivity index (χ3n) is 1.32. The number of hydrogen-bond acceptors (Lipinski definition) is 3. The Morgan fingerprint density at radius 3 is 2.21 bits per heavy atom. The lowest BCUT2D eigenvalue weighted by Gasteiger charge is -2.08. The smallest absolute Gasteiger partial charge is 0.411 e. The zero-order chi connectivity index (χ0) is 10.6. The van der Waals surface area contributed by atoms with Gasteiger partial charge in [0.05, 0.1) is 6.21 Å².